The zero-order valence-corrected chi connectivity index (χ0v) is 20.8. The molecule has 2 aromatic rings. The highest BCUT2D eigenvalue weighted by Crippen LogP contribution is 2.23. The largest absolute Gasteiger partial charge is 0.484 e. The minimum Gasteiger partial charge on any atom is -0.484 e. The maximum Gasteiger partial charge on any atom is 0.260 e. The third-order valence-electron chi connectivity index (χ3n) is 7.03. The molecule has 1 N–H and O–H groups in total. The van der Waals surface area contributed by atoms with Gasteiger partial charge in [0.2, 0.25) is 0 Å². The standard InChI is InChI=1S/C26H35N5O4/c1-18-5-4-6-19(2)31(18)24(32)17-35-23-9-7-20(8-10-23)26(34)30-13-11-22(12-14-30)28-25(33)21-15-27-29(3)16-21/h7-10,15-16,18-19,22H,4-6,11-14,17H2,1-3H3,(H,28,33). The number of nitrogens with one attached hydrogen (secondary N) is 1. The van der Waals surface area contributed by atoms with Crippen LogP contribution in [0.2, 0.25) is 0 Å². The van der Waals surface area contributed by atoms with Crippen molar-refractivity contribution in [2.75, 3.05) is 19.7 Å². The molecule has 9 heteroatoms. The Bertz CT molecular complexity index is 1030. The first kappa shape index (κ1) is 24.8. The molecule has 188 valence electrons. The van der Waals surface area contributed by atoms with Gasteiger partial charge >= 0.3 is 0 Å². The Kier molecular flexibility index (Phi) is 7.73. The first-order valence-electron chi connectivity index (χ1n) is 12.4. The Morgan fingerprint density at radius 2 is 1.66 bits per heavy atom. The third-order valence-corrected chi connectivity index (χ3v) is 7.03. The van der Waals surface area contributed by atoms with E-state index in [1.807, 2.05) is 9.80 Å². The van der Waals surface area contributed by atoms with Crippen molar-refractivity contribution in [3.63, 3.8) is 0 Å². The number of aromatic nitrogens is 2. The number of piperidine rings is 2. The van der Waals surface area contributed by atoms with Crippen LogP contribution < -0.4 is 10.1 Å². The molecule has 2 unspecified atom stereocenters. The first-order chi connectivity index (χ1) is 16.8. The number of carbonyl (C=O) groups excluding carboxylic acids is 3. The average Bonchev–Trinajstić information content (AvgIpc) is 3.29. The highest BCUT2D eigenvalue weighted by molar-refractivity contribution is 5.95. The van der Waals surface area contributed by atoms with Crippen molar-refractivity contribution in [2.45, 2.75) is 64.1 Å². The van der Waals surface area contributed by atoms with Gasteiger partial charge in [0.05, 0.1) is 11.8 Å². The molecule has 0 radical (unpaired) electrons. The van der Waals surface area contributed by atoms with Crippen LogP contribution in [0.3, 0.4) is 0 Å². The minimum atomic E-state index is -0.138. The second kappa shape index (κ2) is 10.9. The lowest BCUT2D eigenvalue weighted by Crippen LogP contribution is -2.49. The lowest BCUT2D eigenvalue weighted by Gasteiger charge is -2.38. The van der Waals surface area contributed by atoms with Gasteiger partial charge in [-0.15, -0.1) is 0 Å². The fourth-order valence-corrected chi connectivity index (χ4v) is 5.04. The van der Waals surface area contributed by atoms with Crippen LogP contribution in [0.4, 0.5) is 0 Å². The fraction of sp³-hybridized carbons (Fsp3) is 0.538. The van der Waals surface area contributed by atoms with Gasteiger partial charge < -0.3 is 19.9 Å². The van der Waals surface area contributed by atoms with Gasteiger partial charge in [-0.05, 0) is 70.2 Å². The molecule has 3 heterocycles. The van der Waals surface area contributed by atoms with E-state index in [1.165, 1.54) is 0 Å². The van der Waals surface area contributed by atoms with Gasteiger partial charge in [-0.25, -0.2) is 0 Å². The molecule has 2 atom stereocenters. The quantitative estimate of drug-likeness (QED) is 0.684. The smallest absolute Gasteiger partial charge is 0.260 e. The molecular formula is C26H35N5O4. The molecule has 1 aromatic heterocycles. The van der Waals surface area contributed by atoms with Crippen LogP contribution in [0.25, 0.3) is 0 Å². The van der Waals surface area contributed by atoms with Crippen molar-refractivity contribution in [3.8, 4) is 5.75 Å². The minimum absolute atomic E-state index is 0.000249. The number of aryl methyl sites for hydroxylation is 1. The van der Waals surface area contributed by atoms with Crippen LogP contribution in [0, 0.1) is 0 Å². The summed E-state index contributed by atoms with van der Waals surface area (Å²) in [6.45, 7) is 5.34. The first-order valence-corrected chi connectivity index (χ1v) is 12.4. The van der Waals surface area contributed by atoms with E-state index in [1.54, 1.807) is 48.4 Å². The van der Waals surface area contributed by atoms with E-state index in [2.05, 4.69) is 24.3 Å². The van der Waals surface area contributed by atoms with Crippen LogP contribution in [0.5, 0.6) is 5.75 Å². The summed E-state index contributed by atoms with van der Waals surface area (Å²) in [7, 11) is 1.77. The predicted molar refractivity (Wildman–Crippen MR) is 131 cm³/mol. The van der Waals surface area contributed by atoms with Crippen molar-refractivity contribution in [2.24, 2.45) is 7.05 Å². The summed E-state index contributed by atoms with van der Waals surface area (Å²) in [5.74, 6) is 0.397. The van der Waals surface area contributed by atoms with Crippen molar-refractivity contribution >= 4 is 17.7 Å². The Labute approximate surface area is 206 Å². The Hall–Kier alpha value is -3.36. The lowest BCUT2D eigenvalue weighted by molar-refractivity contribution is -0.139. The van der Waals surface area contributed by atoms with Gasteiger partial charge in [0, 0.05) is 50.0 Å². The number of nitrogens with zero attached hydrogens (tertiary/aromatic N) is 4. The number of amides is 3. The van der Waals surface area contributed by atoms with E-state index >= 15 is 0 Å². The number of rotatable bonds is 6. The summed E-state index contributed by atoms with van der Waals surface area (Å²) >= 11 is 0. The average molecular weight is 482 g/mol. The second-order valence-corrected chi connectivity index (χ2v) is 9.69. The topological polar surface area (TPSA) is 96.8 Å². The van der Waals surface area contributed by atoms with Crippen molar-refractivity contribution in [1.82, 2.24) is 24.9 Å². The Balaban J connectivity index is 1.24. The van der Waals surface area contributed by atoms with E-state index in [9.17, 15) is 14.4 Å². The Morgan fingerprint density at radius 1 is 1.00 bits per heavy atom. The summed E-state index contributed by atoms with van der Waals surface area (Å²) in [6, 6.07) is 7.47. The van der Waals surface area contributed by atoms with Gasteiger partial charge in [-0.1, -0.05) is 0 Å². The monoisotopic (exact) mass is 481 g/mol. The molecular weight excluding hydrogens is 446 g/mol. The molecule has 9 nitrogen and oxygen atoms in total. The van der Waals surface area contributed by atoms with E-state index < -0.39 is 0 Å². The fourth-order valence-electron chi connectivity index (χ4n) is 5.04. The highest BCUT2D eigenvalue weighted by Gasteiger charge is 2.29. The maximum atomic E-state index is 12.9. The van der Waals surface area contributed by atoms with E-state index in [0.29, 0.717) is 42.8 Å². The zero-order valence-electron chi connectivity index (χ0n) is 20.8. The van der Waals surface area contributed by atoms with Crippen LogP contribution >= 0.6 is 0 Å². The zero-order chi connectivity index (χ0) is 24.9. The van der Waals surface area contributed by atoms with Crippen LogP contribution in [0.1, 0.15) is 66.7 Å². The summed E-state index contributed by atoms with van der Waals surface area (Å²) in [4.78, 5) is 41.7. The molecule has 1 aromatic carbocycles. The number of ether oxygens (including phenoxy) is 1. The van der Waals surface area contributed by atoms with Crippen molar-refractivity contribution in [3.05, 3.63) is 47.8 Å². The molecule has 2 fully saturated rings. The molecule has 0 spiro atoms. The van der Waals surface area contributed by atoms with Gasteiger partial charge in [0.1, 0.15) is 5.75 Å². The number of likely N-dealkylation sites (tertiary alicyclic amines) is 2. The molecule has 2 saturated heterocycles. The van der Waals surface area contributed by atoms with E-state index in [4.69, 9.17) is 4.74 Å². The molecule has 35 heavy (non-hydrogen) atoms. The van der Waals surface area contributed by atoms with Gasteiger partial charge in [0.15, 0.2) is 6.61 Å². The lowest BCUT2D eigenvalue weighted by atomic mass is 9.97. The van der Waals surface area contributed by atoms with Crippen LogP contribution in [0.15, 0.2) is 36.7 Å². The molecule has 0 bridgehead atoms. The molecule has 0 aliphatic carbocycles. The number of hydrogen-bond donors (Lipinski definition) is 1. The molecule has 3 amide bonds. The summed E-state index contributed by atoms with van der Waals surface area (Å²) in [5.41, 5.74) is 1.12. The molecule has 2 aliphatic heterocycles. The third kappa shape index (κ3) is 6.01. The SMILES string of the molecule is CC1CCCC(C)N1C(=O)COc1ccc(C(=O)N2CCC(NC(=O)c3cnn(C)c3)CC2)cc1. The highest BCUT2D eigenvalue weighted by atomic mass is 16.5. The van der Waals surface area contributed by atoms with E-state index in [0.717, 1.165) is 19.3 Å². The summed E-state index contributed by atoms with van der Waals surface area (Å²) < 4.78 is 7.32. The molecule has 0 saturated carbocycles. The van der Waals surface area contributed by atoms with Crippen molar-refractivity contribution < 1.29 is 19.1 Å². The number of benzene rings is 1. The number of hydrogen-bond acceptors (Lipinski definition) is 5. The predicted octanol–water partition coefficient (Wildman–Crippen LogP) is 2.62. The normalized spacial score (nSPS) is 21.0. The number of carbonyl (C=O) groups is 3. The Morgan fingerprint density at radius 3 is 2.26 bits per heavy atom. The molecule has 2 aliphatic rings. The van der Waals surface area contributed by atoms with Crippen molar-refractivity contribution in [1.29, 1.82) is 0 Å². The summed E-state index contributed by atoms with van der Waals surface area (Å²) in [6.07, 6.45) is 7.85. The van der Waals surface area contributed by atoms with E-state index in [-0.39, 0.29) is 42.5 Å². The van der Waals surface area contributed by atoms with Gasteiger partial charge in [0.25, 0.3) is 17.7 Å². The van der Waals surface area contributed by atoms with Crippen LogP contribution in [-0.2, 0) is 11.8 Å². The van der Waals surface area contributed by atoms with Gasteiger partial charge in [-0.3, -0.25) is 19.1 Å². The second-order valence-electron chi connectivity index (χ2n) is 9.69. The van der Waals surface area contributed by atoms with Gasteiger partial charge in [-0.2, -0.15) is 5.10 Å². The van der Waals surface area contributed by atoms with Crippen LogP contribution in [-0.4, -0.2) is 75.1 Å². The molecule has 4 rings (SSSR count). The maximum absolute atomic E-state index is 12.9. The summed E-state index contributed by atoms with van der Waals surface area (Å²) in [5, 5.41) is 7.06.